The molecule has 3 aromatic rings. The second kappa shape index (κ2) is 11.1. The third kappa shape index (κ3) is 5.61. The summed E-state index contributed by atoms with van der Waals surface area (Å²) in [6.07, 6.45) is -0.517. The monoisotopic (exact) mass is 578 g/mol. The van der Waals surface area contributed by atoms with Gasteiger partial charge in [0.15, 0.2) is 0 Å². The number of rotatable bonds is 7. The van der Waals surface area contributed by atoms with Gasteiger partial charge in [0.25, 0.3) is 0 Å². The van der Waals surface area contributed by atoms with Gasteiger partial charge in [0.05, 0.1) is 13.2 Å². The summed E-state index contributed by atoms with van der Waals surface area (Å²) in [6.45, 7) is 12.7. The predicted molar refractivity (Wildman–Crippen MR) is 157 cm³/mol. The van der Waals surface area contributed by atoms with E-state index in [-0.39, 0.29) is 20.0 Å². The summed E-state index contributed by atoms with van der Waals surface area (Å²) in [6, 6.07) is 21.1. The first-order valence-corrected chi connectivity index (χ1v) is 14.8. The highest BCUT2D eigenvalue weighted by Crippen LogP contribution is 2.49. The molecule has 2 fully saturated rings. The lowest BCUT2D eigenvalue weighted by Crippen LogP contribution is -2.59. The summed E-state index contributed by atoms with van der Waals surface area (Å²) < 4.78 is 18.7. The van der Waals surface area contributed by atoms with Crippen LogP contribution in [0.15, 0.2) is 66.7 Å². The summed E-state index contributed by atoms with van der Waals surface area (Å²) >= 11 is 6.57. The van der Waals surface area contributed by atoms with Crippen LogP contribution in [0.4, 0.5) is 16.6 Å². The second-order valence-corrected chi connectivity index (χ2v) is 13.9. The number of halogens is 1. The van der Waals surface area contributed by atoms with Crippen LogP contribution in [0.5, 0.6) is 0 Å². The molecule has 0 unspecified atom stereocenters. The third-order valence-corrected chi connectivity index (χ3v) is 8.21. The summed E-state index contributed by atoms with van der Waals surface area (Å²) in [5.41, 5.74) is -0.247. The molecule has 210 valence electrons. The number of aromatic nitrogens is 2. The number of carbonyl (C=O) groups is 1. The van der Waals surface area contributed by atoms with Gasteiger partial charge in [-0.25, -0.2) is 9.78 Å². The highest BCUT2D eigenvalue weighted by molar-refractivity contribution is 6.32. The molecule has 1 amide bonds. The summed E-state index contributed by atoms with van der Waals surface area (Å²) in [7, 11) is 0.110. The molecule has 1 atom stereocenters. The number of hydrogen-bond acceptors (Lipinski definition) is 7. The number of amides is 1. The van der Waals surface area contributed by atoms with Crippen molar-refractivity contribution in [3.05, 3.63) is 83.0 Å². The smallest absolute Gasteiger partial charge is 0.416 e. The Labute approximate surface area is 243 Å². The molecule has 0 saturated carbocycles. The van der Waals surface area contributed by atoms with Gasteiger partial charge in [-0.2, -0.15) is 4.98 Å². The van der Waals surface area contributed by atoms with E-state index >= 15 is 0 Å². The molecule has 0 aliphatic carbocycles. The third-order valence-electron chi connectivity index (χ3n) is 6.98. The van der Waals surface area contributed by atoms with Crippen molar-refractivity contribution in [3.63, 3.8) is 0 Å². The van der Waals surface area contributed by atoms with Crippen molar-refractivity contribution in [3.8, 4) is 0 Å². The number of carbonyl (C=O) groups excluding carboxylic acids is 1. The van der Waals surface area contributed by atoms with Crippen LogP contribution in [-0.4, -0.2) is 63.8 Å². The number of ether oxygens (including phenoxy) is 2. The molecule has 8 nitrogen and oxygen atoms in total. The average Bonchev–Trinajstić information content (AvgIpc) is 3.18. The van der Waals surface area contributed by atoms with Crippen LogP contribution in [0.2, 0.25) is 10.2 Å². The van der Waals surface area contributed by atoms with Crippen LogP contribution in [-0.2, 0) is 19.5 Å². The van der Waals surface area contributed by atoms with E-state index in [0.29, 0.717) is 38.1 Å². The molecular formula is C30H35ClN4O4Si. The van der Waals surface area contributed by atoms with Gasteiger partial charge in [-0.1, -0.05) is 93.0 Å². The van der Waals surface area contributed by atoms with Crippen molar-refractivity contribution in [1.82, 2.24) is 9.97 Å². The number of anilines is 2. The first-order chi connectivity index (χ1) is 19.0. The van der Waals surface area contributed by atoms with Crippen molar-refractivity contribution in [2.24, 2.45) is 0 Å². The van der Waals surface area contributed by atoms with Crippen LogP contribution < -0.4 is 9.80 Å². The quantitative estimate of drug-likeness (QED) is 0.256. The normalized spacial score (nSPS) is 19.6. The van der Waals surface area contributed by atoms with Crippen molar-refractivity contribution < 1.29 is 18.7 Å². The summed E-state index contributed by atoms with van der Waals surface area (Å²) in [5.74, 6) is 0.811. The summed E-state index contributed by atoms with van der Waals surface area (Å²) in [5, 5.41) is 0.111. The topological polar surface area (TPSA) is 77.0 Å². The first-order valence-electron chi connectivity index (χ1n) is 13.5. The van der Waals surface area contributed by atoms with Crippen LogP contribution in [0.3, 0.4) is 0 Å². The van der Waals surface area contributed by atoms with Crippen molar-refractivity contribution in [2.75, 3.05) is 36.1 Å². The van der Waals surface area contributed by atoms with E-state index in [1.54, 1.807) is 11.0 Å². The Hall–Kier alpha value is -2.98. The minimum absolute atomic E-state index is 0.110. The molecule has 2 radical (unpaired) electrons. The van der Waals surface area contributed by atoms with E-state index in [4.69, 9.17) is 30.5 Å². The van der Waals surface area contributed by atoms with Gasteiger partial charge >= 0.3 is 6.09 Å². The summed E-state index contributed by atoms with van der Waals surface area (Å²) in [4.78, 5) is 26.8. The number of hydrogen-bond donors (Lipinski definition) is 0. The van der Waals surface area contributed by atoms with E-state index in [1.807, 2.05) is 79.4 Å². The van der Waals surface area contributed by atoms with Crippen LogP contribution >= 0.6 is 11.6 Å². The van der Waals surface area contributed by atoms with E-state index < -0.39 is 23.3 Å². The largest absolute Gasteiger partial charge is 0.441 e. The highest BCUT2D eigenvalue weighted by Gasteiger charge is 2.61. The van der Waals surface area contributed by atoms with E-state index in [9.17, 15) is 4.79 Å². The predicted octanol–water partition coefficient (Wildman–Crippen LogP) is 5.87. The lowest BCUT2D eigenvalue weighted by atomic mass is 9.74. The lowest BCUT2D eigenvalue weighted by molar-refractivity contribution is -0.00580. The highest BCUT2D eigenvalue weighted by atomic mass is 35.5. The lowest BCUT2D eigenvalue weighted by Gasteiger charge is -2.47. The molecule has 5 rings (SSSR count). The zero-order valence-electron chi connectivity index (χ0n) is 23.6. The van der Waals surface area contributed by atoms with E-state index in [2.05, 4.69) is 25.8 Å². The van der Waals surface area contributed by atoms with Crippen LogP contribution in [0.1, 0.15) is 45.7 Å². The average molecular weight is 579 g/mol. The molecule has 2 aromatic carbocycles. The maximum absolute atomic E-state index is 13.8. The Kier molecular flexibility index (Phi) is 7.94. The van der Waals surface area contributed by atoms with Crippen molar-refractivity contribution in [2.45, 2.75) is 56.9 Å². The number of benzene rings is 2. The fraction of sp³-hybridized carbons (Fsp3) is 0.433. The number of nitrogens with zero attached hydrogens (tertiary/aromatic N) is 4. The zero-order valence-corrected chi connectivity index (χ0v) is 25.3. The number of cyclic esters (lactones) is 1. The molecule has 0 N–H and O–H groups in total. The molecule has 0 spiro atoms. The molecule has 10 heteroatoms. The minimum Gasteiger partial charge on any atom is -0.441 e. The Morgan fingerprint density at radius 2 is 1.55 bits per heavy atom. The van der Waals surface area contributed by atoms with Gasteiger partial charge in [0.1, 0.15) is 28.2 Å². The SMILES string of the molecule is CC(C)(C)[Si]OC(c1ccccc1)(c1ccccc1)[C@H]1N(c2cc(Cl)nc(N3CCOCC3)n2)C(=O)OC1(C)C. The van der Waals surface area contributed by atoms with Gasteiger partial charge < -0.3 is 18.8 Å². The molecular weight excluding hydrogens is 544 g/mol. The fourth-order valence-electron chi connectivity index (χ4n) is 5.33. The van der Waals surface area contributed by atoms with Gasteiger partial charge in [-0.3, -0.25) is 4.90 Å². The van der Waals surface area contributed by atoms with E-state index in [0.717, 1.165) is 11.1 Å². The van der Waals surface area contributed by atoms with Crippen molar-refractivity contribution >= 4 is 39.2 Å². The first kappa shape index (κ1) is 28.5. The van der Waals surface area contributed by atoms with E-state index in [1.165, 1.54) is 0 Å². The maximum atomic E-state index is 13.8. The van der Waals surface area contributed by atoms with Gasteiger partial charge in [-0.15, -0.1) is 0 Å². The van der Waals surface area contributed by atoms with Crippen molar-refractivity contribution in [1.29, 1.82) is 0 Å². The Morgan fingerprint density at radius 3 is 2.10 bits per heavy atom. The molecule has 2 saturated heterocycles. The maximum Gasteiger partial charge on any atom is 0.416 e. The van der Waals surface area contributed by atoms with Crippen LogP contribution in [0.25, 0.3) is 0 Å². The van der Waals surface area contributed by atoms with Gasteiger partial charge in [-0.05, 0) is 30.0 Å². The zero-order chi connectivity index (χ0) is 28.5. The second-order valence-electron chi connectivity index (χ2n) is 11.6. The molecule has 2 aliphatic heterocycles. The van der Waals surface area contributed by atoms with Gasteiger partial charge in [0, 0.05) is 19.2 Å². The minimum atomic E-state index is -1.10. The molecule has 3 heterocycles. The Morgan fingerprint density at radius 1 is 0.975 bits per heavy atom. The molecule has 1 aromatic heterocycles. The molecule has 2 aliphatic rings. The van der Waals surface area contributed by atoms with Crippen LogP contribution in [0, 0.1) is 0 Å². The number of morpholine rings is 1. The molecule has 40 heavy (non-hydrogen) atoms. The molecule has 0 bridgehead atoms. The Bertz CT molecular complexity index is 1290. The standard InChI is InChI=1S/C30H35ClN4O4Si/c1-28(2,3)40-39-30(21-12-8-6-9-13-21,22-14-10-7-11-15-22)25-29(4,5)38-27(36)35(25)24-20-23(31)32-26(33-24)34-16-18-37-19-17-34/h6-15,20,25H,16-19H2,1-5H3/t25-/m0/s1. The van der Waals surface area contributed by atoms with Gasteiger partial charge in [0.2, 0.25) is 15.7 Å². The fourth-order valence-corrected chi connectivity index (χ4v) is 6.31. The Balaban J connectivity index is 1.74.